The van der Waals surface area contributed by atoms with Crippen LogP contribution < -0.4 is 5.73 Å². The van der Waals surface area contributed by atoms with E-state index in [2.05, 4.69) is 10.1 Å². The third-order valence-electron chi connectivity index (χ3n) is 2.91. The number of para-hydroxylation sites is 1. The fourth-order valence-corrected chi connectivity index (χ4v) is 2.68. The summed E-state index contributed by atoms with van der Waals surface area (Å²) < 4.78 is 11.0. The molecule has 0 atom stereocenters. The Bertz CT molecular complexity index is 858. The first-order valence-corrected chi connectivity index (χ1v) is 6.79. The summed E-state index contributed by atoms with van der Waals surface area (Å²) in [6.45, 7) is 0. The summed E-state index contributed by atoms with van der Waals surface area (Å²) in [6.07, 6.45) is 0. The van der Waals surface area contributed by atoms with Gasteiger partial charge in [-0.3, -0.25) is 0 Å². The normalized spacial score (nSPS) is 11.2. The van der Waals surface area contributed by atoms with E-state index in [0.717, 1.165) is 15.8 Å². The molecule has 4 rings (SSSR count). The average Bonchev–Trinajstić information content (AvgIpc) is 3.16. The Morgan fingerprint density at radius 3 is 2.80 bits per heavy atom. The monoisotopic (exact) mass is 283 g/mol. The number of anilines is 1. The Hall–Kier alpha value is -2.60. The summed E-state index contributed by atoms with van der Waals surface area (Å²) >= 11 is 1.41. The number of hydrogen-bond acceptors (Lipinski definition) is 6. The lowest BCUT2D eigenvalue weighted by molar-refractivity contribution is 0.431. The number of fused-ring (bicyclic) bond motifs is 1. The number of rotatable bonds is 2. The van der Waals surface area contributed by atoms with Crippen molar-refractivity contribution in [2.75, 3.05) is 5.73 Å². The lowest BCUT2D eigenvalue weighted by Crippen LogP contribution is -1.76. The second-order valence-corrected chi connectivity index (χ2v) is 5.39. The lowest BCUT2D eigenvalue weighted by atomic mass is 10.2. The van der Waals surface area contributed by atoms with Crippen molar-refractivity contribution < 1.29 is 8.94 Å². The van der Waals surface area contributed by atoms with E-state index in [9.17, 15) is 0 Å². The summed E-state index contributed by atoms with van der Waals surface area (Å²) in [4.78, 5) is 5.19. The molecule has 3 heterocycles. The van der Waals surface area contributed by atoms with Gasteiger partial charge in [0.05, 0.1) is 9.88 Å². The molecule has 4 aromatic rings. The molecular formula is C14H9N3O2S. The summed E-state index contributed by atoms with van der Waals surface area (Å²) in [6, 6.07) is 13.3. The molecule has 2 N–H and O–H groups in total. The summed E-state index contributed by atoms with van der Waals surface area (Å²) in [5.74, 6) is 1.47. The molecule has 3 aromatic heterocycles. The van der Waals surface area contributed by atoms with E-state index < -0.39 is 0 Å². The topological polar surface area (TPSA) is 78.1 Å². The zero-order valence-corrected chi connectivity index (χ0v) is 11.1. The van der Waals surface area contributed by atoms with Gasteiger partial charge >= 0.3 is 0 Å². The molecule has 0 fully saturated rings. The van der Waals surface area contributed by atoms with E-state index in [-0.39, 0.29) is 0 Å². The van der Waals surface area contributed by atoms with E-state index in [1.807, 2.05) is 42.5 Å². The minimum atomic E-state index is 0.433. The van der Waals surface area contributed by atoms with Crippen LogP contribution in [0.4, 0.5) is 5.00 Å². The van der Waals surface area contributed by atoms with Crippen molar-refractivity contribution in [1.82, 2.24) is 10.1 Å². The van der Waals surface area contributed by atoms with Crippen molar-refractivity contribution in [3.8, 4) is 22.4 Å². The maximum atomic E-state index is 5.70. The van der Waals surface area contributed by atoms with Gasteiger partial charge in [0.15, 0.2) is 5.76 Å². The molecule has 0 aliphatic heterocycles. The average molecular weight is 283 g/mol. The van der Waals surface area contributed by atoms with Gasteiger partial charge in [-0.1, -0.05) is 23.4 Å². The van der Waals surface area contributed by atoms with E-state index in [1.54, 1.807) is 0 Å². The Morgan fingerprint density at radius 1 is 1.10 bits per heavy atom. The van der Waals surface area contributed by atoms with Gasteiger partial charge in [0.25, 0.3) is 5.89 Å². The first kappa shape index (κ1) is 11.2. The molecule has 98 valence electrons. The summed E-state index contributed by atoms with van der Waals surface area (Å²) in [5.41, 5.74) is 6.50. The second kappa shape index (κ2) is 4.21. The van der Waals surface area contributed by atoms with Crippen molar-refractivity contribution in [3.05, 3.63) is 42.5 Å². The molecule has 1 aromatic carbocycles. The number of nitrogens with zero attached hydrogens (tertiary/aromatic N) is 2. The zero-order valence-electron chi connectivity index (χ0n) is 10.2. The molecule has 0 saturated carbocycles. The summed E-state index contributed by atoms with van der Waals surface area (Å²) in [5, 5.41) is 5.67. The minimum Gasteiger partial charge on any atom is -0.453 e. The number of aromatic nitrogens is 2. The number of furan rings is 1. The van der Waals surface area contributed by atoms with E-state index in [0.29, 0.717) is 22.5 Å². The number of hydrogen-bond donors (Lipinski definition) is 1. The number of nitrogens with two attached hydrogens (primary N) is 1. The molecule has 0 bridgehead atoms. The lowest BCUT2D eigenvalue weighted by Gasteiger charge is -1.85. The molecule has 0 radical (unpaired) electrons. The van der Waals surface area contributed by atoms with Gasteiger partial charge in [-0.2, -0.15) is 4.98 Å². The predicted octanol–water partition coefficient (Wildman–Crippen LogP) is 3.79. The number of benzene rings is 1. The van der Waals surface area contributed by atoms with Gasteiger partial charge in [-0.05, 0) is 24.3 Å². The predicted molar refractivity (Wildman–Crippen MR) is 77.2 cm³/mol. The molecule has 5 nitrogen and oxygen atoms in total. The number of thiophene rings is 1. The van der Waals surface area contributed by atoms with Gasteiger partial charge in [0.2, 0.25) is 5.82 Å². The van der Waals surface area contributed by atoms with Crippen molar-refractivity contribution in [2.45, 2.75) is 0 Å². The smallest absolute Gasteiger partial charge is 0.268 e. The molecule has 0 aliphatic carbocycles. The first-order valence-electron chi connectivity index (χ1n) is 5.98. The Balaban J connectivity index is 1.77. The zero-order chi connectivity index (χ0) is 13.5. The SMILES string of the molecule is Nc1ccc(-c2nc(-c3cc4ccccc4o3)no2)s1. The van der Waals surface area contributed by atoms with Gasteiger partial charge in [-0.25, -0.2) is 0 Å². The Kier molecular flexibility index (Phi) is 2.37. The van der Waals surface area contributed by atoms with Crippen LogP contribution in [0.2, 0.25) is 0 Å². The Morgan fingerprint density at radius 2 is 2.00 bits per heavy atom. The van der Waals surface area contributed by atoms with Gasteiger partial charge in [-0.15, -0.1) is 11.3 Å². The number of nitrogen functional groups attached to an aromatic ring is 1. The minimum absolute atomic E-state index is 0.433. The van der Waals surface area contributed by atoms with Crippen molar-refractivity contribution in [2.24, 2.45) is 0 Å². The van der Waals surface area contributed by atoms with Crippen molar-refractivity contribution in [3.63, 3.8) is 0 Å². The van der Waals surface area contributed by atoms with Crippen LogP contribution in [0.5, 0.6) is 0 Å². The standard InChI is InChI=1S/C14H9N3O2S/c15-12-6-5-11(20-12)14-16-13(17-19-14)10-7-8-3-1-2-4-9(8)18-10/h1-7H,15H2. The fraction of sp³-hybridized carbons (Fsp3) is 0. The van der Waals surface area contributed by atoms with E-state index in [4.69, 9.17) is 14.7 Å². The van der Waals surface area contributed by atoms with E-state index in [1.165, 1.54) is 11.3 Å². The highest BCUT2D eigenvalue weighted by Gasteiger charge is 2.15. The van der Waals surface area contributed by atoms with Crippen LogP contribution in [0.1, 0.15) is 0 Å². The highest BCUT2D eigenvalue weighted by molar-refractivity contribution is 7.19. The maximum absolute atomic E-state index is 5.70. The fourth-order valence-electron chi connectivity index (χ4n) is 1.98. The van der Waals surface area contributed by atoms with Gasteiger partial charge < -0.3 is 14.7 Å². The molecule has 0 amide bonds. The quantitative estimate of drug-likeness (QED) is 0.605. The maximum Gasteiger partial charge on any atom is 0.268 e. The van der Waals surface area contributed by atoms with Crippen LogP contribution in [0.15, 0.2) is 51.4 Å². The molecule has 0 saturated heterocycles. The van der Waals surface area contributed by atoms with Crippen LogP contribution in [0, 0.1) is 0 Å². The van der Waals surface area contributed by atoms with Crippen molar-refractivity contribution in [1.29, 1.82) is 0 Å². The summed E-state index contributed by atoms with van der Waals surface area (Å²) in [7, 11) is 0. The van der Waals surface area contributed by atoms with Gasteiger partial charge in [0.1, 0.15) is 5.58 Å². The van der Waals surface area contributed by atoms with Crippen LogP contribution in [0.3, 0.4) is 0 Å². The molecule has 6 heteroatoms. The Labute approximate surface area is 117 Å². The third-order valence-corrected chi connectivity index (χ3v) is 3.81. The largest absolute Gasteiger partial charge is 0.453 e. The second-order valence-electron chi connectivity index (χ2n) is 4.27. The van der Waals surface area contributed by atoms with E-state index >= 15 is 0 Å². The molecule has 0 unspecified atom stereocenters. The molecule has 0 aliphatic rings. The van der Waals surface area contributed by atoms with Crippen LogP contribution >= 0.6 is 11.3 Å². The third kappa shape index (κ3) is 1.78. The van der Waals surface area contributed by atoms with Crippen molar-refractivity contribution >= 4 is 27.3 Å². The van der Waals surface area contributed by atoms with Gasteiger partial charge in [0, 0.05) is 5.39 Å². The van der Waals surface area contributed by atoms with Crippen LogP contribution in [-0.4, -0.2) is 10.1 Å². The molecule has 20 heavy (non-hydrogen) atoms. The van der Waals surface area contributed by atoms with Crippen LogP contribution in [-0.2, 0) is 0 Å². The first-order chi connectivity index (χ1) is 9.79. The molecule has 0 spiro atoms. The highest BCUT2D eigenvalue weighted by Crippen LogP contribution is 2.31. The molecular weight excluding hydrogens is 274 g/mol. The highest BCUT2D eigenvalue weighted by atomic mass is 32.1. The van der Waals surface area contributed by atoms with Crippen LogP contribution in [0.25, 0.3) is 33.3 Å².